The van der Waals surface area contributed by atoms with E-state index in [1.807, 2.05) is 35.2 Å². The standard InChI is InChI=1S/C24H27NO3/c1-19(26)25(18-24-9-6-16-28-24)15-14-22(17-20-7-4-3-5-8-20)21-10-12-23(27-2)13-11-21/h3-13,16,22H,14-15,17-18H2,1-2H3/t22-/m0/s1. The van der Waals surface area contributed by atoms with E-state index < -0.39 is 0 Å². The molecule has 0 saturated carbocycles. The van der Waals surface area contributed by atoms with Crippen LogP contribution in [0.2, 0.25) is 0 Å². The zero-order chi connectivity index (χ0) is 19.8. The molecule has 4 heteroatoms. The molecule has 0 spiro atoms. The van der Waals surface area contributed by atoms with Crippen molar-refractivity contribution in [3.63, 3.8) is 0 Å². The summed E-state index contributed by atoms with van der Waals surface area (Å²) in [5.41, 5.74) is 2.55. The van der Waals surface area contributed by atoms with E-state index in [9.17, 15) is 4.79 Å². The molecule has 0 fully saturated rings. The van der Waals surface area contributed by atoms with Gasteiger partial charge in [-0.3, -0.25) is 4.79 Å². The molecule has 0 bridgehead atoms. The topological polar surface area (TPSA) is 42.7 Å². The lowest BCUT2D eigenvalue weighted by molar-refractivity contribution is -0.129. The highest BCUT2D eigenvalue weighted by atomic mass is 16.5. The second-order valence-corrected chi connectivity index (χ2v) is 6.97. The van der Waals surface area contributed by atoms with Crippen molar-refractivity contribution in [2.75, 3.05) is 13.7 Å². The number of methoxy groups -OCH3 is 1. The molecule has 3 rings (SSSR count). The Balaban J connectivity index is 1.74. The van der Waals surface area contributed by atoms with Gasteiger partial charge in [-0.1, -0.05) is 42.5 Å². The van der Waals surface area contributed by atoms with Crippen molar-refractivity contribution < 1.29 is 13.9 Å². The van der Waals surface area contributed by atoms with Crippen LogP contribution in [0.1, 0.15) is 36.1 Å². The minimum atomic E-state index is 0.0598. The molecule has 0 aliphatic rings. The average molecular weight is 377 g/mol. The van der Waals surface area contributed by atoms with E-state index in [4.69, 9.17) is 9.15 Å². The summed E-state index contributed by atoms with van der Waals surface area (Å²) in [7, 11) is 1.68. The molecule has 28 heavy (non-hydrogen) atoms. The maximum absolute atomic E-state index is 12.1. The second kappa shape index (κ2) is 9.79. The van der Waals surface area contributed by atoms with Crippen molar-refractivity contribution in [3.05, 3.63) is 89.9 Å². The number of furan rings is 1. The lowest BCUT2D eigenvalue weighted by Gasteiger charge is -2.24. The fourth-order valence-corrected chi connectivity index (χ4v) is 3.41. The van der Waals surface area contributed by atoms with Crippen molar-refractivity contribution in [3.8, 4) is 5.75 Å². The van der Waals surface area contributed by atoms with Crippen LogP contribution in [0, 0.1) is 0 Å². The van der Waals surface area contributed by atoms with Gasteiger partial charge in [-0.2, -0.15) is 0 Å². The van der Waals surface area contributed by atoms with Gasteiger partial charge in [-0.05, 0) is 54.2 Å². The van der Waals surface area contributed by atoms with Crippen LogP contribution in [-0.2, 0) is 17.8 Å². The third-order valence-corrected chi connectivity index (χ3v) is 5.03. The molecule has 0 unspecified atom stereocenters. The van der Waals surface area contributed by atoms with Crippen molar-refractivity contribution in [2.45, 2.75) is 32.2 Å². The first-order chi connectivity index (χ1) is 13.7. The van der Waals surface area contributed by atoms with Gasteiger partial charge in [0.2, 0.25) is 5.91 Å². The second-order valence-electron chi connectivity index (χ2n) is 6.97. The summed E-state index contributed by atoms with van der Waals surface area (Å²) < 4.78 is 10.7. The lowest BCUT2D eigenvalue weighted by Crippen LogP contribution is -2.30. The Labute approximate surface area is 166 Å². The summed E-state index contributed by atoms with van der Waals surface area (Å²) in [5.74, 6) is 2.03. The van der Waals surface area contributed by atoms with Crippen molar-refractivity contribution >= 4 is 5.91 Å². The fraction of sp³-hybridized carbons (Fsp3) is 0.292. The molecule has 1 heterocycles. The molecule has 0 saturated heterocycles. The molecule has 1 amide bonds. The van der Waals surface area contributed by atoms with Crippen molar-refractivity contribution in [2.24, 2.45) is 0 Å². The van der Waals surface area contributed by atoms with Gasteiger partial charge in [0.15, 0.2) is 0 Å². The van der Waals surface area contributed by atoms with E-state index in [0.29, 0.717) is 19.0 Å². The summed E-state index contributed by atoms with van der Waals surface area (Å²) in [6.45, 7) is 2.80. The van der Waals surface area contributed by atoms with Crippen molar-refractivity contribution in [1.29, 1.82) is 0 Å². The van der Waals surface area contributed by atoms with Gasteiger partial charge in [-0.25, -0.2) is 0 Å². The van der Waals surface area contributed by atoms with Gasteiger partial charge in [0.05, 0.1) is 19.9 Å². The zero-order valence-electron chi connectivity index (χ0n) is 16.5. The number of hydrogen-bond donors (Lipinski definition) is 0. The first kappa shape index (κ1) is 19.7. The van der Waals surface area contributed by atoms with Crippen molar-refractivity contribution in [1.82, 2.24) is 4.90 Å². The highest BCUT2D eigenvalue weighted by Crippen LogP contribution is 2.27. The van der Waals surface area contributed by atoms with Gasteiger partial charge >= 0.3 is 0 Å². The number of rotatable bonds is 9. The molecule has 0 N–H and O–H groups in total. The van der Waals surface area contributed by atoms with Crippen LogP contribution in [0.4, 0.5) is 0 Å². The van der Waals surface area contributed by atoms with Crippen LogP contribution >= 0.6 is 0 Å². The van der Waals surface area contributed by atoms with E-state index >= 15 is 0 Å². The van der Waals surface area contributed by atoms with E-state index in [0.717, 1.165) is 24.4 Å². The summed E-state index contributed by atoms with van der Waals surface area (Å²) in [4.78, 5) is 14.0. The normalized spacial score (nSPS) is 11.8. The van der Waals surface area contributed by atoms with Crippen LogP contribution in [-0.4, -0.2) is 24.5 Å². The molecule has 0 aliphatic heterocycles. The Morgan fingerprint density at radius 1 is 1.04 bits per heavy atom. The monoisotopic (exact) mass is 377 g/mol. The van der Waals surface area contributed by atoms with Gasteiger partial charge in [0.1, 0.15) is 11.5 Å². The lowest BCUT2D eigenvalue weighted by atomic mass is 9.89. The molecular formula is C24H27NO3. The highest BCUT2D eigenvalue weighted by molar-refractivity contribution is 5.73. The first-order valence-electron chi connectivity index (χ1n) is 9.61. The summed E-state index contributed by atoms with van der Waals surface area (Å²) in [6, 6.07) is 22.5. The summed E-state index contributed by atoms with van der Waals surface area (Å²) in [6.07, 6.45) is 3.45. The third-order valence-electron chi connectivity index (χ3n) is 5.03. The van der Waals surface area contributed by atoms with E-state index in [1.54, 1.807) is 20.3 Å². The van der Waals surface area contributed by atoms with Gasteiger partial charge in [-0.15, -0.1) is 0 Å². The molecule has 0 radical (unpaired) electrons. The Hall–Kier alpha value is -3.01. The van der Waals surface area contributed by atoms with Gasteiger partial charge in [0.25, 0.3) is 0 Å². The largest absolute Gasteiger partial charge is 0.497 e. The Bertz CT molecular complexity index is 841. The van der Waals surface area contributed by atoms with Crippen LogP contribution in [0.5, 0.6) is 5.75 Å². The minimum absolute atomic E-state index is 0.0598. The number of amides is 1. The number of ether oxygens (including phenoxy) is 1. The zero-order valence-corrected chi connectivity index (χ0v) is 16.5. The Morgan fingerprint density at radius 3 is 2.39 bits per heavy atom. The maximum atomic E-state index is 12.1. The smallest absolute Gasteiger partial charge is 0.219 e. The number of nitrogens with zero attached hydrogens (tertiary/aromatic N) is 1. The molecule has 1 atom stereocenters. The van der Waals surface area contributed by atoms with E-state index in [1.165, 1.54) is 11.1 Å². The minimum Gasteiger partial charge on any atom is -0.497 e. The molecule has 0 aliphatic carbocycles. The average Bonchev–Trinajstić information content (AvgIpc) is 3.24. The molecule has 2 aromatic carbocycles. The van der Waals surface area contributed by atoms with Crippen LogP contribution < -0.4 is 4.74 Å². The van der Waals surface area contributed by atoms with Crippen LogP contribution in [0.3, 0.4) is 0 Å². The first-order valence-corrected chi connectivity index (χ1v) is 9.61. The summed E-state index contributed by atoms with van der Waals surface area (Å²) >= 11 is 0. The highest BCUT2D eigenvalue weighted by Gasteiger charge is 2.17. The number of carbonyl (C=O) groups excluding carboxylic acids is 1. The van der Waals surface area contributed by atoms with Gasteiger partial charge < -0.3 is 14.1 Å². The maximum Gasteiger partial charge on any atom is 0.219 e. The fourth-order valence-electron chi connectivity index (χ4n) is 3.41. The van der Waals surface area contributed by atoms with Crippen LogP contribution in [0.15, 0.2) is 77.4 Å². The molecule has 146 valence electrons. The van der Waals surface area contributed by atoms with Gasteiger partial charge in [0, 0.05) is 13.5 Å². The van der Waals surface area contributed by atoms with E-state index in [2.05, 4.69) is 36.4 Å². The molecule has 1 aromatic heterocycles. The number of benzene rings is 2. The molecular weight excluding hydrogens is 350 g/mol. The quantitative estimate of drug-likeness (QED) is 0.524. The Kier molecular flexibility index (Phi) is 6.90. The number of hydrogen-bond acceptors (Lipinski definition) is 3. The SMILES string of the molecule is COc1ccc([C@@H](CCN(Cc2ccco2)C(C)=O)Cc2ccccc2)cc1. The molecule has 4 nitrogen and oxygen atoms in total. The van der Waals surface area contributed by atoms with E-state index in [-0.39, 0.29) is 5.91 Å². The number of carbonyl (C=O) groups is 1. The summed E-state index contributed by atoms with van der Waals surface area (Å²) in [5, 5.41) is 0. The molecule has 3 aromatic rings. The Morgan fingerprint density at radius 2 is 1.79 bits per heavy atom. The third kappa shape index (κ3) is 5.49. The predicted octanol–water partition coefficient (Wildman–Crippen LogP) is 5.05. The predicted molar refractivity (Wildman–Crippen MR) is 110 cm³/mol. The van der Waals surface area contributed by atoms with Crippen LogP contribution in [0.25, 0.3) is 0 Å².